The third-order valence-electron chi connectivity index (χ3n) is 5.15. The van der Waals surface area contributed by atoms with E-state index in [9.17, 15) is 14.4 Å². The van der Waals surface area contributed by atoms with Gasteiger partial charge in [0.1, 0.15) is 16.6 Å². The summed E-state index contributed by atoms with van der Waals surface area (Å²) < 4.78 is 19.8. The van der Waals surface area contributed by atoms with Crippen molar-refractivity contribution in [2.24, 2.45) is 5.10 Å². The number of nitrogens with zero attached hydrogens (tertiary/aromatic N) is 6. The van der Waals surface area contributed by atoms with E-state index in [4.69, 9.17) is 39.5 Å². The average Bonchev–Trinajstić information content (AvgIpc) is 2.81. The summed E-state index contributed by atoms with van der Waals surface area (Å²) in [5.41, 5.74) is 2.27. The van der Waals surface area contributed by atoms with Gasteiger partial charge in [0.25, 0.3) is 0 Å². The van der Waals surface area contributed by atoms with Crippen LogP contribution in [0.25, 0.3) is 0 Å². The Labute approximate surface area is 233 Å². The first-order valence-electron chi connectivity index (χ1n) is 11.1. The third-order valence-corrected chi connectivity index (χ3v) is 6.48. The molecule has 1 aromatic heterocycles. The van der Waals surface area contributed by atoms with Crippen molar-refractivity contribution < 1.29 is 13.9 Å². The number of anilines is 2. The number of benzene rings is 1. The van der Waals surface area contributed by atoms with Crippen LogP contribution in [0.4, 0.5) is 20.7 Å². The van der Waals surface area contributed by atoms with E-state index in [0.717, 1.165) is 0 Å². The molecular weight excluding hydrogens is 564 g/mol. The van der Waals surface area contributed by atoms with Crippen LogP contribution in [0, 0.1) is 17.1 Å². The number of hydrogen-bond acceptors (Lipinski definition) is 9. The number of halogens is 4. The fraction of sp³-hybridized carbons (Fsp3) is 0.435. The molecule has 1 aliphatic heterocycles. The molecular formula is C23H25Cl3FN7O2S. The molecule has 0 radical (unpaired) electrons. The highest BCUT2D eigenvalue weighted by molar-refractivity contribution is 7.98. The molecule has 0 saturated carbocycles. The van der Waals surface area contributed by atoms with Crippen molar-refractivity contribution in [1.29, 1.82) is 5.26 Å². The van der Waals surface area contributed by atoms with Crippen LogP contribution in [-0.4, -0.2) is 64.7 Å². The summed E-state index contributed by atoms with van der Waals surface area (Å²) in [6.07, 6.45) is 2.81. The van der Waals surface area contributed by atoms with Crippen LogP contribution < -0.4 is 10.3 Å². The van der Waals surface area contributed by atoms with Gasteiger partial charge in [-0.1, -0.05) is 46.6 Å². The summed E-state index contributed by atoms with van der Waals surface area (Å²) in [5, 5.41) is 14.2. The number of aromatic nitrogens is 2. The minimum absolute atomic E-state index is 0.0202. The smallest absolute Gasteiger partial charge is 0.410 e. The number of nitriles is 1. The largest absolute Gasteiger partial charge is 0.444 e. The molecule has 2 aromatic rings. The number of rotatable bonds is 6. The molecule has 1 atom stereocenters. The second kappa shape index (κ2) is 12.3. The molecule has 0 spiro atoms. The predicted molar refractivity (Wildman–Crippen MR) is 146 cm³/mol. The van der Waals surface area contributed by atoms with Crippen molar-refractivity contribution >= 4 is 70.4 Å². The van der Waals surface area contributed by atoms with Gasteiger partial charge in [0.15, 0.2) is 11.0 Å². The molecule has 3 rings (SSSR count). The SMILES string of the molecule is CSc1nc(Cl)c(/C=N/Nc2cc(Cl)cc(Cl)c2F)c(N2CCN(C(=O)OC(C)(C)C)C(CC#N)C2)n1. The van der Waals surface area contributed by atoms with E-state index in [1.54, 1.807) is 25.7 Å². The lowest BCUT2D eigenvalue weighted by molar-refractivity contribution is 0.0145. The van der Waals surface area contributed by atoms with Crippen molar-refractivity contribution in [3.8, 4) is 6.07 Å². The molecule has 0 aliphatic carbocycles. The summed E-state index contributed by atoms with van der Waals surface area (Å²) in [4.78, 5) is 25.1. The fourth-order valence-electron chi connectivity index (χ4n) is 3.55. The first-order valence-corrected chi connectivity index (χ1v) is 13.5. The van der Waals surface area contributed by atoms with E-state index >= 15 is 0 Å². The average molecular weight is 589 g/mol. The Morgan fingerprint density at radius 2 is 2.08 bits per heavy atom. The summed E-state index contributed by atoms with van der Waals surface area (Å²) in [6.45, 7) is 6.37. The Hall–Kier alpha value is -2.52. The molecule has 1 aromatic carbocycles. The monoisotopic (exact) mass is 587 g/mol. The van der Waals surface area contributed by atoms with Crippen LogP contribution in [0.5, 0.6) is 0 Å². The Bertz CT molecular complexity index is 1240. The molecule has 2 heterocycles. The number of ether oxygens (including phenoxy) is 1. The minimum atomic E-state index is -0.707. The normalized spacial score (nSPS) is 16.1. The van der Waals surface area contributed by atoms with Gasteiger partial charge in [0.05, 0.1) is 41.0 Å². The van der Waals surface area contributed by atoms with E-state index in [2.05, 4.69) is 26.6 Å². The van der Waals surface area contributed by atoms with Gasteiger partial charge < -0.3 is 14.5 Å². The number of carbonyl (C=O) groups excluding carboxylic acids is 1. The summed E-state index contributed by atoms with van der Waals surface area (Å²) >= 11 is 19.6. The quantitative estimate of drug-likeness (QED) is 0.108. The van der Waals surface area contributed by atoms with E-state index < -0.39 is 23.6 Å². The highest BCUT2D eigenvalue weighted by atomic mass is 35.5. The Kier molecular flexibility index (Phi) is 9.69. The highest BCUT2D eigenvalue weighted by Crippen LogP contribution is 2.30. The second-order valence-electron chi connectivity index (χ2n) is 8.99. The number of piperazine rings is 1. The highest BCUT2D eigenvalue weighted by Gasteiger charge is 2.34. The summed E-state index contributed by atoms with van der Waals surface area (Å²) in [5.74, 6) is -0.243. The van der Waals surface area contributed by atoms with Crippen molar-refractivity contribution in [2.75, 3.05) is 36.2 Å². The summed E-state index contributed by atoms with van der Waals surface area (Å²) in [7, 11) is 0. The Morgan fingerprint density at radius 3 is 2.73 bits per heavy atom. The zero-order chi connectivity index (χ0) is 27.3. The third kappa shape index (κ3) is 7.51. The van der Waals surface area contributed by atoms with Crippen molar-refractivity contribution in [3.05, 3.63) is 38.7 Å². The first kappa shape index (κ1) is 29.0. The van der Waals surface area contributed by atoms with Gasteiger partial charge >= 0.3 is 6.09 Å². The maximum absolute atomic E-state index is 14.3. The van der Waals surface area contributed by atoms with Crippen molar-refractivity contribution in [3.63, 3.8) is 0 Å². The molecule has 198 valence electrons. The van der Waals surface area contributed by atoms with Gasteiger partial charge in [0.2, 0.25) is 0 Å². The molecule has 1 amide bonds. The van der Waals surface area contributed by atoms with Crippen LogP contribution in [0.1, 0.15) is 32.8 Å². The van der Waals surface area contributed by atoms with Gasteiger partial charge in [-0.15, -0.1) is 0 Å². The van der Waals surface area contributed by atoms with Crippen LogP contribution in [0.15, 0.2) is 22.4 Å². The number of hydrazone groups is 1. The van der Waals surface area contributed by atoms with E-state index in [1.165, 1.54) is 30.1 Å². The molecule has 37 heavy (non-hydrogen) atoms. The van der Waals surface area contributed by atoms with E-state index in [-0.39, 0.29) is 27.3 Å². The minimum Gasteiger partial charge on any atom is -0.444 e. The van der Waals surface area contributed by atoms with Gasteiger partial charge in [-0.05, 0) is 39.2 Å². The molecule has 1 unspecified atom stereocenters. The summed E-state index contributed by atoms with van der Waals surface area (Å²) in [6, 6.07) is 4.33. The molecule has 1 saturated heterocycles. The molecule has 0 bridgehead atoms. The van der Waals surface area contributed by atoms with E-state index in [0.29, 0.717) is 36.2 Å². The standard InChI is InChI=1S/C23H25Cl3FN7O2S/c1-23(2,3)36-22(35)34-8-7-33(12-14(34)5-6-28)20-15(19(26)30-21(31-20)37-4)11-29-32-17-10-13(24)9-16(25)18(17)27/h9-11,14,32H,5,7-8,12H2,1-4H3/b29-11+. The number of carbonyl (C=O) groups is 1. The lowest BCUT2D eigenvalue weighted by Gasteiger charge is -2.41. The second-order valence-corrected chi connectivity index (χ2v) is 11.0. The molecule has 14 heteroatoms. The lowest BCUT2D eigenvalue weighted by Crippen LogP contribution is -2.56. The van der Waals surface area contributed by atoms with Crippen LogP contribution in [-0.2, 0) is 4.74 Å². The maximum Gasteiger partial charge on any atom is 0.410 e. The van der Waals surface area contributed by atoms with Gasteiger partial charge in [0, 0.05) is 24.7 Å². The number of thioether (sulfide) groups is 1. The number of hydrogen-bond donors (Lipinski definition) is 1. The lowest BCUT2D eigenvalue weighted by atomic mass is 10.1. The molecule has 1 N–H and O–H groups in total. The van der Waals surface area contributed by atoms with E-state index in [1.807, 2.05) is 11.2 Å². The zero-order valence-electron chi connectivity index (χ0n) is 20.6. The Morgan fingerprint density at radius 1 is 1.35 bits per heavy atom. The van der Waals surface area contributed by atoms with Crippen LogP contribution in [0.2, 0.25) is 15.2 Å². The number of nitrogens with one attached hydrogen (secondary N) is 1. The van der Waals surface area contributed by atoms with Gasteiger partial charge in [-0.3, -0.25) is 5.43 Å². The topological polar surface area (TPSA) is 107 Å². The van der Waals surface area contributed by atoms with Gasteiger partial charge in [-0.2, -0.15) is 10.4 Å². The molecule has 1 fully saturated rings. The maximum atomic E-state index is 14.3. The predicted octanol–water partition coefficient (Wildman–Crippen LogP) is 6.08. The molecule has 1 aliphatic rings. The zero-order valence-corrected chi connectivity index (χ0v) is 23.6. The van der Waals surface area contributed by atoms with Crippen molar-refractivity contribution in [1.82, 2.24) is 14.9 Å². The number of amides is 1. The molecule has 9 nitrogen and oxygen atoms in total. The Balaban J connectivity index is 1.90. The fourth-order valence-corrected chi connectivity index (χ4v) is 4.67. The first-order chi connectivity index (χ1) is 17.4. The van der Waals surface area contributed by atoms with Gasteiger partial charge in [-0.25, -0.2) is 19.2 Å². The van der Waals surface area contributed by atoms with Crippen molar-refractivity contribution in [2.45, 2.75) is 44.0 Å². The van der Waals surface area contributed by atoms with Crippen LogP contribution >= 0.6 is 46.6 Å². The van der Waals surface area contributed by atoms with Crippen LogP contribution in [0.3, 0.4) is 0 Å².